The SMILES string of the molecule is CC(C)COCCCOc1ccc(C(=O)O)cc1. The van der Waals surface area contributed by atoms with E-state index in [9.17, 15) is 4.79 Å². The van der Waals surface area contributed by atoms with Crippen molar-refractivity contribution in [3.63, 3.8) is 0 Å². The number of hydrogen-bond donors (Lipinski definition) is 1. The van der Waals surface area contributed by atoms with Crippen molar-refractivity contribution >= 4 is 5.97 Å². The maximum absolute atomic E-state index is 10.6. The van der Waals surface area contributed by atoms with Gasteiger partial charge in [0, 0.05) is 19.6 Å². The van der Waals surface area contributed by atoms with E-state index in [1.807, 2.05) is 0 Å². The monoisotopic (exact) mass is 252 g/mol. The Morgan fingerprint density at radius 1 is 1.22 bits per heavy atom. The van der Waals surface area contributed by atoms with Crippen molar-refractivity contribution in [3.8, 4) is 5.75 Å². The number of carboxylic acids is 1. The van der Waals surface area contributed by atoms with Crippen LogP contribution >= 0.6 is 0 Å². The third-order valence-electron chi connectivity index (χ3n) is 2.25. The Morgan fingerprint density at radius 3 is 2.44 bits per heavy atom. The third-order valence-corrected chi connectivity index (χ3v) is 2.25. The second-order valence-electron chi connectivity index (χ2n) is 4.50. The summed E-state index contributed by atoms with van der Waals surface area (Å²) in [5.41, 5.74) is 0.266. The first-order chi connectivity index (χ1) is 8.59. The summed E-state index contributed by atoms with van der Waals surface area (Å²) in [5.74, 6) is 0.307. The van der Waals surface area contributed by atoms with Gasteiger partial charge in [0.25, 0.3) is 0 Å². The van der Waals surface area contributed by atoms with Gasteiger partial charge in [-0.2, -0.15) is 0 Å². The molecule has 0 heterocycles. The molecule has 0 amide bonds. The van der Waals surface area contributed by atoms with Crippen LogP contribution in [0.3, 0.4) is 0 Å². The van der Waals surface area contributed by atoms with Crippen LogP contribution in [0.4, 0.5) is 0 Å². The number of carboxylic acid groups (broad SMARTS) is 1. The summed E-state index contributed by atoms with van der Waals surface area (Å²) >= 11 is 0. The van der Waals surface area contributed by atoms with Crippen molar-refractivity contribution in [2.45, 2.75) is 20.3 Å². The molecule has 4 nitrogen and oxygen atoms in total. The highest BCUT2D eigenvalue weighted by molar-refractivity contribution is 5.87. The summed E-state index contributed by atoms with van der Waals surface area (Å²) in [6.45, 7) is 6.25. The minimum absolute atomic E-state index is 0.266. The van der Waals surface area contributed by atoms with Gasteiger partial charge in [-0.15, -0.1) is 0 Å². The molecule has 0 unspecified atom stereocenters. The van der Waals surface area contributed by atoms with Crippen LogP contribution in [0.25, 0.3) is 0 Å². The van der Waals surface area contributed by atoms with Crippen LogP contribution in [0.15, 0.2) is 24.3 Å². The zero-order valence-electron chi connectivity index (χ0n) is 10.9. The van der Waals surface area contributed by atoms with Gasteiger partial charge in [-0.3, -0.25) is 0 Å². The van der Waals surface area contributed by atoms with E-state index in [2.05, 4.69) is 13.8 Å². The van der Waals surface area contributed by atoms with Crippen molar-refractivity contribution in [2.75, 3.05) is 19.8 Å². The molecule has 0 fully saturated rings. The van der Waals surface area contributed by atoms with E-state index in [1.165, 1.54) is 12.1 Å². The maximum atomic E-state index is 10.6. The van der Waals surface area contributed by atoms with Crippen molar-refractivity contribution in [2.24, 2.45) is 5.92 Å². The standard InChI is InChI=1S/C14H20O4/c1-11(2)10-17-8-3-9-18-13-6-4-12(5-7-13)14(15)16/h4-7,11H,3,8-10H2,1-2H3,(H,15,16). The normalized spacial score (nSPS) is 10.6. The molecule has 18 heavy (non-hydrogen) atoms. The lowest BCUT2D eigenvalue weighted by Crippen LogP contribution is -2.07. The van der Waals surface area contributed by atoms with Crippen molar-refractivity contribution < 1.29 is 19.4 Å². The highest BCUT2D eigenvalue weighted by atomic mass is 16.5. The Bertz CT molecular complexity index is 357. The first kappa shape index (κ1) is 14.5. The molecule has 0 aromatic heterocycles. The number of rotatable bonds is 8. The number of carbonyl (C=O) groups is 1. The predicted octanol–water partition coefficient (Wildman–Crippen LogP) is 2.83. The molecule has 0 radical (unpaired) electrons. The summed E-state index contributed by atoms with van der Waals surface area (Å²) < 4.78 is 10.9. The quantitative estimate of drug-likeness (QED) is 0.723. The average Bonchev–Trinajstić information content (AvgIpc) is 2.34. The van der Waals surface area contributed by atoms with E-state index in [0.29, 0.717) is 24.9 Å². The van der Waals surface area contributed by atoms with Gasteiger partial charge in [-0.25, -0.2) is 4.79 Å². The van der Waals surface area contributed by atoms with Crippen LogP contribution in [-0.4, -0.2) is 30.9 Å². The van der Waals surface area contributed by atoms with Gasteiger partial charge in [0.2, 0.25) is 0 Å². The van der Waals surface area contributed by atoms with Crippen LogP contribution in [0.1, 0.15) is 30.6 Å². The summed E-state index contributed by atoms with van der Waals surface area (Å²) in [6, 6.07) is 6.40. The first-order valence-corrected chi connectivity index (χ1v) is 6.13. The van der Waals surface area contributed by atoms with E-state index in [0.717, 1.165) is 13.0 Å². The van der Waals surface area contributed by atoms with Gasteiger partial charge in [-0.1, -0.05) is 13.8 Å². The molecule has 0 bridgehead atoms. The fraction of sp³-hybridized carbons (Fsp3) is 0.500. The summed E-state index contributed by atoms with van der Waals surface area (Å²) in [4.78, 5) is 10.6. The largest absolute Gasteiger partial charge is 0.494 e. The molecule has 1 rings (SSSR count). The van der Waals surface area contributed by atoms with Crippen molar-refractivity contribution in [1.29, 1.82) is 0 Å². The van der Waals surface area contributed by atoms with Crippen LogP contribution < -0.4 is 4.74 Å². The lowest BCUT2D eigenvalue weighted by atomic mass is 10.2. The Balaban J connectivity index is 2.17. The molecule has 4 heteroatoms. The third kappa shape index (κ3) is 5.68. The minimum atomic E-state index is -0.927. The Hall–Kier alpha value is -1.55. The molecule has 0 spiro atoms. The maximum Gasteiger partial charge on any atom is 0.335 e. The smallest absolute Gasteiger partial charge is 0.335 e. The van der Waals surface area contributed by atoms with E-state index < -0.39 is 5.97 Å². The number of benzene rings is 1. The van der Waals surface area contributed by atoms with Crippen LogP contribution in [0.5, 0.6) is 5.75 Å². The highest BCUT2D eigenvalue weighted by Gasteiger charge is 2.01. The van der Waals surface area contributed by atoms with Gasteiger partial charge in [-0.05, 0) is 30.2 Å². The molecule has 0 saturated heterocycles. The molecule has 1 aromatic rings. The second-order valence-corrected chi connectivity index (χ2v) is 4.50. The zero-order valence-corrected chi connectivity index (χ0v) is 10.9. The molecule has 100 valence electrons. The van der Waals surface area contributed by atoms with E-state index in [-0.39, 0.29) is 5.56 Å². The summed E-state index contributed by atoms with van der Waals surface area (Å²) in [7, 11) is 0. The second kappa shape index (κ2) is 7.71. The van der Waals surface area contributed by atoms with E-state index in [4.69, 9.17) is 14.6 Å². The average molecular weight is 252 g/mol. The lowest BCUT2D eigenvalue weighted by Gasteiger charge is -2.08. The number of aromatic carboxylic acids is 1. The minimum Gasteiger partial charge on any atom is -0.494 e. The zero-order chi connectivity index (χ0) is 13.4. The van der Waals surface area contributed by atoms with Gasteiger partial charge in [0.05, 0.1) is 12.2 Å². The number of ether oxygens (including phenoxy) is 2. The predicted molar refractivity (Wildman–Crippen MR) is 69.2 cm³/mol. The molecule has 0 atom stereocenters. The number of hydrogen-bond acceptors (Lipinski definition) is 3. The first-order valence-electron chi connectivity index (χ1n) is 6.13. The molecule has 1 N–H and O–H groups in total. The Kier molecular flexibility index (Phi) is 6.22. The van der Waals surface area contributed by atoms with Crippen molar-refractivity contribution in [3.05, 3.63) is 29.8 Å². The fourth-order valence-electron chi connectivity index (χ4n) is 1.36. The van der Waals surface area contributed by atoms with Crippen LogP contribution in [0.2, 0.25) is 0 Å². The van der Waals surface area contributed by atoms with E-state index in [1.54, 1.807) is 12.1 Å². The van der Waals surface area contributed by atoms with Gasteiger partial charge in [0.15, 0.2) is 0 Å². The topological polar surface area (TPSA) is 55.8 Å². The summed E-state index contributed by atoms with van der Waals surface area (Å²) in [6.07, 6.45) is 0.827. The summed E-state index contributed by atoms with van der Waals surface area (Å²) in [5, 5.41) is 8.74. The van der Waals surface area contributed by atoms with Crippen molar-refractivity contribution in [1.82, 2.24) is 0 Å². The Morgan fingerprint density at radius 2 is 1.89 bits per heavy atom. The fourth-order valence-corrected chi connectivity index (χ4v) is 1.36. The van der Waals surface area contributed by atoms with Gasteiger partial charge >= 0.3 is 5.97 Å². The van der Waals surface area contributed by atoms with Gasteiger partial charge in [0.1, 0.15) is 5.75 Å². The van der Waals surface area contributed by atoms with E-state index >= 15 is 0 Å². The molecule has 0 aliphatic carbocycles. The van der Waals surface area contributed by atoms with Crippen LogP contribution in [0, 0.1) is 5.92 Å². The highest BCUT2D eigenvalue weighted by Crippen LogP contribution is 2.12. The molecule has 0 aliphatic rings. The van der Waals surface area contributed by atoms with Crippen LogP contribution in [-0.2, 0) is 4.74 Å². The molecule has 0 aliphatic heterocycles. The molecule has 0 saturated carbocycles. The molecular weight excluding hydrogens is 232 g/mol. The Labute approximate surface area is 108 Å². The molecular formula is C14H20O4. The lowest BCUT2D eigenvalue weighted by molar-refractivity contribution is 0.0697. The van der Waals surface area contributed by atoms with Gasteiger partial charge < -0.3 is 14.6 Å². The molecule has 1 aromatic carbocycles.